The third-order valence-electron chi connectivity index (χ3n) is 5.85. The van der Waals surface area contributed by atoms with E-state index < -0.39 is 11.9 Å². The van der Waals surface area contributed by atoms with Crippen molar-refractivity contribution in [2.45, 2.75) is 26.8 Å². The molecule has 0 aliphatic heterocycles. The number of amides is 1. The lowest BCUT2D eigenvalue weighted by Crippen LogP contribution is -2.19. The Balaban J connectivity index is 1.74. The van der Waals surface area contributed by atoms with Crippen LogP contribution in [0.4, 0.5) is 5.13 Å². The lowest BCUT2D eigenvalue weighted by Gasteiger charge is -2.12. The number of fused-ring (bicyclic) bond motifs is 1. The number of carbonyl (C=O) groups excluding carboxylic acids is 1. The van der Waals surface area contributed by atoms with Gasteiger partial charge in [-0.05, 0) is 55.3 Å². The molecule has 0 bridgehead atoms. The fourth-order valence-corrected chi connectivity index (χ4v) is 5.03. The molecule has 0 atom stereocenters. The molecule has 4 aromatic rings. The lowest BCUT2D eigenvalue weighted by molar-refractivity contribution is -0.137. The topological polar surface area (TPSA) is 112 Å². The zero-order chi connectivity index (χ0) is 26.0. The Hall–Kier alpha value is -4.05. The quantitative estimate of drug-likeness (QED) is 0.327. The maximum atomic E-state index is 13.3. The van der Waals surface area contributed by atoms with Crippen LogP contribution < -0.4 is 19.5 Å². The summed E-state index contributed by atoms with van der Waals surface area (Å²) >= 11 is 1.36. The van der Waals surface area contributed by atoms with Crippen LogP contribution in [0, 0.1) is 6.92 Å². The molecule has 2 aromatic carbocycles. The first-order valence-electron chi connectivity index (χ1n) is 11.2. The Morgan fingerprint density at radius 2 is 1.81 bits per heavy atom. The van der Waals surface area contributed by atoms with Gasteiger partial charge < -0.3 is 23.9 Å². The highest BCUT2D eigenvalue weighted by atomic mass is 32.1. The molecule has 0 spiro atoms. The molecule has 2 N–H and O–H groups in total. The van der Waals surface area contributed by atoms with Gasteiger partial charge in [-0.3, -0.25) is 14.9 Å². The number of hydrogen-bond donors (Lipinski definition) is 2. The average molecular weight is 510 g/mol. The summed E-state index contributed by atoms with van der Waals surface area (Å²) in [4.78, 5) is 30.5. The fourth-order valence-electron chi connectivity index (χ4n) is 4.12. The molecule has 0 radical (unpaired) electrons. The highest BCUT2D eigenvalue weighted by molar-refractivity contribution is 7.16. The number of nitrogens with one attached hydrogen (secondary N) is 1. The summed E-state index contributed by atoms with van der Waals surface area (Å²) in [5.74, 6) is 0.466. The van der Waals surface area contributed by atoms with E-state index in [4.69, 9.17) is 19.2 Å². The first kappa shape index (κ1) is 25.1. The van der Waals surface area contributed by atoms with Gasteiger partial charge in [0.25, 0.3) is 5.91 Å². The van der Waals surface area contributed by atoms with Gasteiger partial charge in [-0.2, -0.15) is 0 Å². The normalized spacial score (nSPS) is 10.9. The number of anilines is 1. The van der Waals surface area contributed by atoms with Crippen LogP contribution >= 0.6 is 11.3 Å². The summed E-state index contributed by atoms with van der Waals surface area (Å²) in [5, 5.41) is 13.4. The zero-order valence-electron chi connectivity index (χ0n) is 20.7. The van der Waals surface area contributed by atoms with Gasteiger partial charge in [-0.25, -0.2) is 4.98 Å². The molecule has 0 saturated heterocycles. The van der Waals surface area contributed by atoms with Crippen LogP contribution in [0.15, 0.2) is 36.4 Å². The average Bonchev–Trinajstić information content (AvgIpc) is 3.44. The van der Waals surface area contributed by atoms with Crippen molar-refractivity contribution in [3.63, 3.8) is 0 Å². The van der Waals surface area contributed by atoms with Crippen molar-refractivity contribution < 1.29 is 28.9 Å². The number of methoxy groups -OCH3 is 3. The molecule has 0 saturated carbocycles. The molecule has 36 heavy (non-hydrogen) atoms. The molecule has 0 unspecified atom stereocenters. The molecule has 4 rings (SSSR count). The minimum absolute atomic E-state index is 0.213. The number of aromatic nitrogens is 2. The Morgan fingerprint density at radius 3 is 2.44 bits per heavy atom. The van der Waals surface area contributed by atoms with Crippen molar-refractivity contribution in [1.29, 1.82) is 0 Å². The summed E-state index contributed by atoms with van der Waals surface area (Å²) in [6, 6.07) is 10.7. The molecule has 0 aliphatic rings. The Labute approximate surface area is 212 Å². The lowest BCUT2D eigenvalue weighted by atomic mass is 10.1. The van der Waals surface area contributed by atoms with E-state index in [1.165, 1.54) is 15.9 Å². The van der Waals surface area contributed by atoms with Crippen molar-refractivity contribution in [3.05, 3.63) is 52.5 Å². The van der Waals surface area contributed by atoms with Crippen molar-refractivity contribution in [2.75, 3.05) is 26.6 Å². The Morgan fingerprint density at radius 1 is 1.06 bits per heavy atom. The number of ether oxygens (including phenoxy) is 3. The number of nitrogens with zero attached hydrogens (tertiary/aromatic N) is 2. The van der Waals surface area contributed by atoms with Crippen molar-refractivity contribution >= 4 is 39.2 Å². The standard InChI is InChI=1S/C26H27N3O6S/c1-6-22-24(17-12-20(34-4)14(2)9-21(17)35-5)27-26(36-22)28-25(32)19-11-15-10-16(33-3)7-8-18(15)29(19)13-23(30)31/h7-12H,6,13H2,1-5H3,(H,30,31)(H,27,28,32). The van der Waals surface area contributed by atoms with Crippen LogP contribution in [0.3, 0.4) is 0 Å². The highest BCUT2D eigenvalue weighted by Crippen LogP contribution is 2.40. The second-order valence-corrected chi connectivity index (χ2v) is 9.14. The summed E-state index contributed by atoms with van der Waals surface area (Å²) in [6.07, 6.45) is 0.696. The summed E-state index contributed by atoms with van der Waals surface area (Å²) in [6.45, 7) is 3.59. The first-order chi connectivity index (χ1) is 17.3. The molecule has 10 heteroatoms. The number of carbonyl (C=O) groups is 2. The van der Waals surface area contributed by atoms with E-state index >= 15 is 0 Å². The predicted molar refractivity (Wildman–Crippen MR) is 139 cm³/mol. The van der Waals surface area contributed by atoms with E-state index in [1.807, 2.05) is 26.0 Å². The Bertz CT molecular complexity index is 1460. The first-order valence-corrected chi connectivity index (χ1v) is 12.0. The van der Waals surface area contributed by atoms with Crippen LogP contribution in [-0.4, -0.2) is 47.9 Å². The van der Waals surface area contributed by atoms with Crippen LogP contribution in [0.25, 0.3) is 22.2 Å². The maximum absolute atomic E-state index is 13.3. The molecule has 0 aliphatic carbocycles. The molecular weight excluding hydrogens is 482 g/mol. The van der Waals surface area contributed by atoms with Gasteiger partial charge in [0.15, 0.2) is 5.13 Å². The molecular formula is C26H27N3O6S. The third-order valence-corrected chi connectivity index (χ3v) is 6.96. The summed E-state index contributed by atoms with van der Waals surface area (Å²) in [5.41, 5.74) is 3.23. The summed E-state index contributed by atoms with van der Waals surface area (Å²) in [7, 11) is 4.76. The smallest absolute Gasteiger partial charge is 0.323 e. The largest absolute Gasteiger partial charge is 0.497 e. The molecule has 1 amide bonds. The zero-order valence-corrected chi connectivity index (χ0v) is 21.5. The third kappa shape index (κ3) is 4.72. The number of thiazole rings is 1. The number of benzene rings is 2. The van der Waals surface area contributed by atoms with Crippen LogP contribution in [0.1, 0.15) is 27.9 Å². The van der Waals surface area contributed by atoms with Gasteiger partial charge in [-0.1, -0.05) is 6.92 Å². The number of carboxylic acid groups (broad SMARTS) is 1. The van der Waals surface area contributed by atoms with E-state index in [9.17, 15) is 14.7 Å². The minimum atomic E-state index is -1.05. The van der Waals surface area contributed by atoms with E-state index in [-0.39, 0.29) is 12.2 Å². The van der Waals surface area contributed by atoms with Crippen LogP contribution in [-0.2, 0) is 17.8 Å². The molecule has 9 nitrogen and oxygen atoms in total. The van der Waals surface area contributed by atoms with Crippen LogP contribution in [0.5, 0.6) is 17.2 Å². The van der Waals surface area contributed by atoms with Gasteiger partial charge in [0.1, 0.15) is 29.5 Å². The molecule has 2 aromatic heterocycles. The molecule has 0 fully saturated rings. The van der Waals surface area contributed by atoms with E-state index in [0.29, 0.717) is 45.4 Å². The SMILES string of the molecule is CCc1sc(NC(=O)c2cc3cc(OC)ccc3n2CC(=O)O)nc1-c1cc(OC)c(C)cc1OC. The van der Waals surface area contributed by atoms with Gasteiger partial charge >= 0.3 is 5.97 Å². The van der Waals surface area contributed by atoms with Gasteiger partial charge in [0.2, 0.25) is 0 Å². The van der Waals surface area contributed by atoms with Crippen LogP contribution in [0.2, 0.25) is 0 Å². The highest BCUT2D eigenvalue weighted by Gasteiger charge is 2.22. The minimum Gasteiger partial charge on any atom is -0.497 e. The van der Waals surface area contributed by atoms with E-state index in [1.54, 1.807) is 45.6 Å². The number of rotatable bonds is 9. The second kappa shape index (κ2) is 10.3. The second-order valence-electron chi connectivity index (χ2n) is 8.05. The molecule has 2 heterocycles. The van der Waals surface area contributed by atoms with Gasteiger partial charge in [0, 0.05) is 21.3 Å². The Kier molecular flexibility index (Phi) is 7.16. The number of aliphatic carboxylic acids is 1. The molecule has 188 valence electrons. The van der Waals surface area contributed by atoms with Gasteiger partial charge in [0.05, 0.1) is 27.0 Å². The van der Waals surface area contributed by atoms with Crippen molar-refractivity contribution in [1.82, 2.24) is 9.55 Å². The predicted octanol–water partition coefficient (Wildman–Crippen LogP) is 5.00. The number of carboxylic acids is 1. The monoisotopic (exact) mass is 509 g/mol. The maximum Gasteiger partial charge on any atom is 0.323 e. The van der Waals surface area contributed by atoms with Crippen molar-refractivity contribution in [2.24, 2.45) is 0 Å². The van der Waals surface area contributed by atoms with E-state index in [2.05, 4.69) is 5.32 Å². The number of hydrogen-bond acceptors (Lipinski definition) is 7. The number of aryl methyl sites for hydroxylation is 2. The van der Waals surface area contributed by atoms with E-state index in [0.717, 1.165) is 16.0 Å². The van der Waals surface area contributed by atoms with Gasteiger partial charge in [-0.15, -0.1) is 11.3 Å². The fraction of sp³-hybridized carbons (Fsp3) is 0.269. The van der Waals surface area contributed by atoms with Crippen molar-refractivity contribution in [3.8, 4) is 28.5 Å². The summed E-state index contributed by atoms with van der Waals surface area (Å²) < 4.78 is 17.8.